The third kappa shape index (κ3) is 4.33. The van der Waals surface area contributed by atoms with Crippen LogP contribution in [0.25, 0.3) is 11.7 Å². The molecule has 2 aromatic heterocycles. The summed E-state index contributed by atoms with van der Waals surface area (Å²) in [5, 5.41) is 0. The lowest BCUT2D eigenvalue weighted by molar-refractivity contribution is -0.122. The number of thiocarbonyl (C=S) groups is 1. The molecule has 32 heavy (non-hydrogen) atoms. The zero-order valence-corrected chi connectivity index (χ0v) is 20.5. The van der Waals surface area contributed by atoms with E-state index in [0.29, 0.717) is 51.2 Å². The van der Waals surface area contributed by atoms with Gasteiger partial charge in [0.2, 0.25) is 0 Å². The highest BCUT2D eigenvalue weighted by Gasteiger charge is 2.33. The first kappa shape index (κ1) is 22.9. The molecule has 2 unspecified atom stereocenters. The zero-order chi connectivity index (χ0) is 23.0. The number of hydrogen-bond acceptors (Lipinski definition) is 7. The average molecular weight is 473 g/mol. The monoisotopic (exact) mass is 472 g/mol. The van der Waals surface area contributed by atoms with E-state index in [1.165, 1.54) is 16.7 Å². The van der Waals surface area contributed by atoms with Crippen molar-refractivity contribution in [1.29, 1.82) is 0 Å². The molecule has 2 aliphatic heterocycles. The summed E-state index contributed by atoms with van der Waals surface area (Å²) in [6.07, 6.45) is 4.55. The number of hydrogen-bond donors (Lipinski definition) is 0. The van der Waals surface area contributed by atoms with Crippen LogP contribution in [0.3, 0.4) is 0 Å². The van der Waals surface area contributed by atoms with E-state index in [1.54, 1.807) is 23.8 Å². The number of rotatable bonds is 5. The Morgan fingerprint density at radius 3 is 2.69 bits per heavy atom. The highest BCUT2D eigenvalue weighted by molar-refractivity contribution is 8.26. The van der Waals surface area contributed by atoms with Crippen LogP contribution in [0, 0.1) is 18.8 Å². The first-order valence-electron chi connectivity index (χ1n) is 10.8. The van der Waals surface area contributed by atoms with Gasteiger partial charge in [-0.3, -0.25) is 18.9 Å². The van der Waals surface area contributed by atoms with Gasteiger partial charge in [-0.05, 0) is 42.9 Å². The van der Waals surface area contributed by atoms with Crippen LogP contribution >= 0.6 is 24.0 Å². The number of carbonyl (C=O) groups excluding carboxylic acids is 1. The van der Waals surface area contributed by atoms with Crippen molar-refractivity contribution in [3.63, 3.8) is 0 Å². The maximum atomic E-state index is 13.6. The first-order chi connectivity index (χ1) is 15.3. The maximum Gasteiger partial charge on any atom is 0.267 e. The quantitative estimate of drug-likeness (QED) is 0.488. The number of pyridine rings is 1. The number of piperidine rings is 1. The van der Waals surface area contributed by atoms with Crippen molar-refractivity contribution in [2.24, 2.45) is 11.8 Å². The molecule has 4 heterocycles. The molecule has 2 fully saturated rings. The number of carbonyl (C=O) groups is 1. The minimum Gasteiger partial charge on any atom is -0.383 e. The minimum atomic E-state index is -0.197. The Bertz CT molecular complexity index is 1150. The normalized spacial score (nSPS) is 23.1. The SMILES string of the molecule is COCCN1C(=O)/C(=C\c2c(N3CC(C)CC(C)C3)nc3c(C)cccn3c2=O)SC1=S. The van der Waals surface area contributed by atoms with Crippen molar-refractivity contribution in [3.8, 4) is 0 Å². The average Bonchev–Trinajstić information content (AvgIpc) is 3.00. The molecule has 0 aliphatic carbocycles. The Labute approximate surface area is 197 Å². The van der Waals surface area contributed by atoms with E-state index in [1.807, 2.05) is 19.1 Å². The van der Waals surface area contributed by atoms with Gasteiger partial charge in [-0.2, -0.15) is 0 Å². The third-order valence-electron chi connectivity index (χ3n) is 5.90. The lowest BCUT2D eigenvalue weighted by atomic mass is 9.91. The van der Waals surface area contributed by atoms with Crippen molar-refractivity contribution < 1.29 is 9.53 Å². The standard InChI is InChI=1S/C23H28N4O3S2/c1-14-10-15(2)13-25(12-14)20-17(21(28)26-7-5-6-16(3)19(26)24-20)11-18-22(29)27(8-9-30-4)23(31)32-18/h5-7,11,14-15H,8-10,12-13H2,1-4H3/b18-11+. The van der Waals surface area contributed by atoms with E-state index in [0.717, 1.165) is 25.1 Å². The van der Waals surface area contributed by atoms with Crippen molar-refractivity contribution in [2.75, 3.05) is 38.3 Å². The van der Waals surface area contributed by atoms with Crippen LogP contribution in [0.2, 0.25) is 0 Å². The van der Waals surface area contributed by atoms with Gasteiger partial charge >= 0.3 is 0 Å². The minimum absolute atomic E-state index is 0.179. The largest absolute Gasteiger partial charge is 0.383 e. The van der Waals surface area contributed by atoms with Crippen molar-refractivity contribution in [2.45, 2.75) is 27.2 Å². The van der Waals surface area contributed by atoms with Crippen LogP contribution in [-0.2, 0) is 9.53 Å². The molecule has 2 aliphatic rings. The van der Waals surface area contributed by atoms with E-state index in [-0.39, 0.29) is 11.5 Å². The van der Waals surface area contributed by atoms with E-state index in [2.05, 4.69) is 18.7 Å². The van der Waals surface area contributed by atoms with Gasteiger partial charge in [-0.1, -0.05) is 43.9 Å². The zero-order valence-electron chi connectivity index (χ0n) is 18.8. The second-order valence-corrected chi connectivity index (χ2v) is 10.4. The van der Waals surface area contributed by atoms with Gasteiger partial charge in [0.05, 0.1) is 23.6 Å². The Morgan fingerprint density at radius 2 is 2.00 bits per heavy atom. The highest BCUT2D eigenvalue weighted by atomic mass is 32.2. The molecule has 0 saturated carbocycles. The molecule has 2 atom stereocenters. The maximum absolute atomic E-state index is 13.6. The molecular formula is C23H28N4O3S2. The summed E-state index contributed by atoms with van der Waals surface area (Å²) in [4.78, 5) is 35.7. The fourth-order valence-corrected chi connectivity index (χ4v) is 5.80. The number of thioether (sulfide) groups is 1. The summed E-state index contributed by atoms with van der Waals surface area (Å²) >= 11 is 6.62. The molecule has 1 amide bonds. The molecule has 0 aromatic carbocycles. The predicted molar refractivity (Wildman–Crippen MR) is 133 cm³/mol. The van der Waals surface area contributed by atoms with Crippen LogP contribution in [0.4, 0.5) is 5.82 Å². The van der Waals surface area contributed by atoms with Crippen molar-refractivity contribution >= 4 is 51.7 Å². The predicted octanol–water partition coefficient (Wildman–Crippen LogP) is 3.33. The van der Waals surface area contributed by atoms with Gasteiger partial charge in [0.25, 0.3) is 11.5 Å². The molecule has 170 valence electrons. The van der Waals surface area contributed by atoms with Gasteiger partial charge in [0.1, 0.15) is 15.8 Å². The lowest BCUT2D eigenvalue weighted by Gasteiger charge is -2.36. The second-order valence-electron chi connectivity index (χ2n) is 8.72. The number of amides is 1. The summed E-state index contributed by atoms with van der Waals surface area (Å²) in [6.45, 7) is 8.84. The van der Waals surface area contributed by atoms with Crippen molar-refractivity contribution in [1.82, 2.24) is 14.3 Å². The van der Waals surface area contributed by atoms with Gasteiger partial charge < -0.3 is 9.64 Å². The fourth-order valence-electron chi connectivity index (χ4n) is 4.51. The number of methoxy groups -OCH3 is 1. The van der Waals surface area contributed by atoms with Crippen LogP contribution in [0.1, 0.15) is 31.4 Å². The summed E-state index contributed by atoms with van der Waals surface area (Å²) in [6, 6.07) is 3.79. The van der Waals surface area contributed by atoms with Gasteiger partial charge in [0.15, 0.2) is 0 Å². The van der Waals surface area contributed by atoms with Gasteiger partial charge in [-0.25, -0.2) is 4.98 Å². The molecule has 0 bridgehead atoms. The molecule has 2 aromatic rings. The summed E-state index contributed by atoms with van der Waals surface area (Å²) in [5.74, 6) is 1.44. The number of nitrogens with zero attached hydrogens (tertiary/aromatic N) is 4. The summed E-state index contributed by atoms with van der Waals surface area (Å²) < 4.78 is 7.14. The summed E-state index contributed by atoms with van der Waals surface area (Å²) in [5.41, 5.74) is 1.83. The molecule has 9 heteroatoms. The Kier molecular flexibility index (Phi) is 6.69. The van der Waals surface area contributed by atoms with E-state index >= 15 is 0 Å². The molecule has 0 N–H and O–H groups in total. The first-order valence-corrected chi connectivity index (χ1v) is 12.0. The van der Waals surface area contributed by atoms with Crippen molar-refractivity contribution in [3.05, 3.63) is 44.7 Å². The third-order valence-corrected chi connectivity index (χ3v) is 7.28. The fraction of sp³-hybridized carbons (Fsp3) is 0.478. The topological polar surface area (TPSA) is 67.2 Å². The number of ether oxygens (including phenoxy) is 1. The Morgan fingerprint density at radius 1 is 1.28 bits per heavy atom. The smallest absolute Gasteiger partial charge is 0.267 e. The number of anilines is 1. The van der Waals surface area contributed by atoms with E-state index < -0.39 is 0 Å². The molecule has 4 rings (SSSR count). The molecule has 2 saturated heterocycles. The van der Waals surface area contributed by atoms with Crippen LogP contribution in [0.15, 0.2) is 28.0 Å². The number of aryl methyl sites for hydroxylation is 1. The van der Waals surface area contributed by atoms with E-state index in [9.17, 15) is 9.59 Å². The van der Waals surface area contributed by atoms with Gasteiger partial charge in [-0.15, -0.1) is 0 Å². The summed E-state index contributed by atoms with van der Waals surface area (Å²) in [7, 11) is 1.59. The lowest BCUT2D eigenvalue weighted by Crippen LogP contribution is -2.40. The highest BCUT2D eigenvalue weighted by Crippen LogP contribution is 2.34. The molecule has 0 radical (unpaired) electrons. The number of aromatic nitrogens is 2. The number of fused-ring (bicyclic) bond motifs is 1. The molecule has 0 spiro atoms. The molecule has 7 nitrogen and oxygen atoms in total. The van der Waals surface area contributed by atoms with E-state index in [4.69, 9.17) is 21.9 Å². The Balaban J connectivity index is 1.85. The Hall–Kier alpha value is -2.23. The van der Waals surface area contributed by atoms with Crippen LogP contribution < -0.4 is 10.5 Å². The second kappa shape index (κ2) is 9.33. The molecular weight excluding hydrogens is 444 g/mol. The van der Waals surface area contributed by atoms with Gasteiger partial charge in [0, 0.05) is 26.4 Å². The van der Waals surface area contributed by atoms with Crippen LogP contribution in [0.5, 0.6) is 0 Å². The van der Waals surface area contributed by atoms with Crippen LogP contribution in [-0.4, -0.2) is 57.9 Å².